The van der Waals surface area contributed by atoms with E-state index in [0.29, 0.717) is 23.0 Å². The highest BCUT2D eigenvalue weighted by Crippen LogP contribution is 2.24. The zero-order chi connectivity index (χ0) is 23.2. The fourth-order valence-electron chi connectivity index (χ4n) is 2.89. The van der Waals surface area contributed by atoms with Crippen molar-refractivity contribution in [1.82, 2.24) is 26.0 Å². The number of benzene rings is 2. The molecule has 0 aliphatic carbocycles. The second kappa shape index (κ2) is 10.0. The van der Waals surface area contributed by atoms with Crippen LogP contribution in [0.5, 0.6) is 5.75 Å². The minimum Gasteiger partial charge on any atom is -0.485 e. The summed E-state index contributed by atoms with van der Waals surface area (Å²) in [7, 11) is 0. The van der Waals surface area contributed by atoms with Crippen molar-refractivity contribution in [2.75, 3.05) is 0 Å². The van der Waals surface area contributed by atoms with Crippen molar-refractivity contribution in [3.8, 4) is 16.3 Å². The molecule has 0 fully saturated rings. The van der Waals surface area contributed by atoms with Crippen molar-refractivity contribution in [1.29, 1.82) is 0 Å². The maximum atomic E-state index is 12.4. The Bertz CT molecular complexity index is 1250. The summed E-state index contributed by atoms with van der Waals surface area (Å²) in [5, 5.41) is 6.14. The average molecular weight is 464 g/mol. The van der Waals surface area contributed by atoms with E-state index in [4.69, 9.17) is 9.26 Å². The summed E-state index contributed by atoms with van der Waals surface area (Å²) in [5.41, 5.74) is 7.55. The lowest BCUT2D eigenvalue weighted by Crippen LogP contribution is -2.41. The normalized spacial score (nSPS) is 10.6. The molecule has 10 heteroatoms. The highest BCUT2D eigenvalue weighted by molar-refractivity contribution is 7.13. The summed E-state index contributed by atoms with van der Waals surface area (Å²) in [4.78, 5) is 33.1. The van der Waals surface area contributed by atoms with Gasteiger partial charge >= 0.3 is 0 Å². The molecule has 2 amide bonds. The lowest BCUT2D eigenvalue weighted by Gasteiger charge is -2.07. The number of carbonyl (C=O) groups is 2. The topological polar surface area (TPSA) is 119 Å². The molecule has 0 unspecified atom stereocenters. The quantitative estimate of drug-likeness (QED) is 0.401. The van der Waals surface area contributed by atoms with Gasteiger partial charge in [0, 0.05) is 23.4 Å². The number of ether oxygens (including phenoxy) is 1. The zero-order valence-corrected chi connectivity index (χ0v) is 18.8. The van der Waals surface area contributed by atoms with Crippen LogP contribution in [0.1, 0.15) is 45.0 Å². The molecule has 0 saturated heterocycles. The Morgan fingerprint density at radius 3 is 2.39 bits per heavy atom. The monoisotopic (exact) mass is 463 g/mol. The van der Waals surface area contributed by atoms with Crippen molar-refractivity contribution in [3.05, 3.63) is 82.4 Å². The molecule has 9 nitrogen and oxygen atoms in total. The number of aromatic nitrogens is 3. The molecule has 0 aliphatic heterocycles. The third-order valence-corrected chi connectivity index (χ3v) is 5.58. The summed E-state index contributed by atoms with van der Waals surface area (Å²) in [6.45, 7) is 3.94. The highest BCUT2D eigenvalue weighted by atomic mass is 32.1. The van der Waals surface area contributed by atoms with Gasteiger partial charge in [0.25, 0.3) is 11.8 Å². The van der Waals surface area contributed by atoms with E-state index in [9.17, 15) is 9.59 Å². The van der Waals surface area contributed by atoms with Crippen molar-refractivity contribution < 1.29 is 18.8 Å². The zero-order valence-electron chi connectivity index (χ0n) is 18.0. The van der Waals surface area contributed by atoms with Gasteiger partial charge in [-0.3, -0.25) is 20.4 Å². The molecule has 0 bridgehead atoms. The molecule has 33 heavy (non-hydrogen) atoms. The van der Waals surface area contributed by atoms with Crippen molar-refractivity contribution >= 4 is 23.2 Å². The summed E-state index contributed by atoms with van der Waals surface area (Å²) >= 11 is 1.37. The van der Waals surface area contributed by atoms with Gasteiger partial charge in [-0.15, -0.1) is 11.3 Å². The maximum absolute atomic E-state index is 12.4. The number of amides is 2. The summed E-state index contributed by atoms with van der Waals surface area (Å²) in [5.74, 6) is 0.475. The van der Waals surface area contributed by atoms with Gasteiger partial charge in [0.2, 0.25) is 11.7 Å². The van der Waals surface area contributed by atoms with Gasteiger partial charge in [0.05, 0.1) is 0 Å². The smallest absolute Gasteiger partial charge is 0.289 e. The van der Waals surface area contributed by atoms with Crippen molar-refractivity contribution in [3.63, 3.8) is 0 Å². The second-order valence-corrected chi connectivity index (χ2v) is 7.90. The first-order valence-corrected chi connectivity index (χ1v) is 11.1. The number of hydrazine groups is 1. The molecule has 168 valence electrons. The highest BCUT2D eigenvalue weighted by Gasteiger charge is 2.14. The van der Waals surface area contributed by atoms with Gasteiger partial charge in [-0.2, -0.15) is 4.98 Å². The Morgan fingerprint density at radius 2 is 1.73 bits per heavy atom. The number of carbonyl (C=O) groups excluding carboxylic acids is 2. The van der Waals surface area contributed by atoms with E-state index in [1.165, 1.54) is 16.9 Å². The molecule has 0 radical (unpaired) electrons. The van der Waals surface area contributed by atoms with E-state index >= 15 is 0 Å². The fourth-order valence-corrected chi connectivity index (χ4v) is 3.70. The third-order valence-electron chi connectivity index (χ3n) is 4.69. The lowest BCUT2D eigenvalue weighted by atomic mass is 10.1. The van der Waals surface area contributed by atoms with Crippen molar-refractivity contribution in [2.45, 2.75) is 26.9 Å². The van der Waals surface area contributed by atoms with Crippen LogP contribution >= 0.6 is 11.3 Å². The van der Waals surface area contributed by atoms with E-state index in [2.05, 4.69) is 32.9 Å². The molecule has 0 spiro atoms. The molecule has 2 aromatic carbocycles. The number of aryl methyl sites for hydroxylation is 2. The van der Waals surface area contributed by atoms with Gasteiger partial charge in [-0.05, 0) is 36.2 Å². The molecule has 0 atom stereocenters. The Balaban J connectivity index is 1.29. The summed E-state index contributed by atoms with van der Waals surface area (Å²) in [6.07, 6.45) is 0.960. The minimum atomic E-state index is -0.494. The largest absolute Gasteiger partial charge is 0.485 e. The molecule has 0 saturated carbocycles. The van der Waals surface area contributed by atoms with Gasteiger partial charge < -0.3 is 9.26 Å². The van der Waals surface area contributed by atoms with E-state index in [-0.39, 0.29) is 12.3 Å². The SMILES string of the molecule is CCc1ccc(-c2nc(C(=O)NNC(=O)c3ccc(OCc4noc(C)n4)cc3)cs2)cc1. The maximum Gasteiger partial charge on any atom is 0.289 e. The molecule has 4 aromatic rings. The number of rotatable bonds is 7. The first kappa shape index (κ1) is 22.2. The predicted molar refractivity (Wildman–Crippen MR) is 122 cm³/mol. The molecule has 4 rings (SSSR count). The van der Waals surface area contributed by atoms with Crippen molar-refractivity contribution in [2.24, 2.45) is 0 Å². The molecular formula is C23H21N5O4S. The molecular weight excluding hydrogens is 442 g/mol. The van der Waals surface area contributed by atoms with Gasteiger partial charge in [0.15, 0.2) is 6.61 Å². The van der Waals surface area contributed by atoms with E-state index in [1.807, 2.05) is 24.3 Å². The average Bonchev–Trinajstić information content (AvgIpc) is 3.51. The van der Waals surface area contributed by atoms with Gasteiger partial charge in [-0.1, -0.05) is 36.3 Å². The van der Waals surface area contributed by atoms with Crippen LogP contribution in [0.3, 0.4) is 0 Å². The van der Waals surface area contributed by atoms with E-state index in [0.717, 1.165) is 17.0 Å². The number of nitrogens with zero attached hydrogens (tertiary/aromatic N) is 3. The Kier molecular flexibility index (Phi) is 6.75. The standard InChI is InChI=1S/C23H21N5O4S/c1-3-15-4-6-17(7-5-15)23-25-19(13-33-23)22(30)27-26-21(29)16-8-10-18(11-9-16)31-12-20-24-14(2)32-28-20/h4-11,13H,3,12H2,1-2H3,(H,26,29)(H,27,30). The van der Waals surface area contributed by atoms with Gasteiger partial charge in [-0.25, -0.2) is 4.98 Å². The number of hydrogen-bond donors (Lipinski definition) is 2. The van der Waals surface area contributed by atoms with Crippen LogP contribution in [0.2, 0.25) is 0 Å². The predicted octanol–water partition coefficient (Wildman–Crippen LogP) is 3.72. The van der Waals surface area contributed by atoms with Crippen LogP contribution in [-0.2, 0) is 13.0 Å². The Hall–Kier alpha value is -4.05. The minimum absolute atomic E-state index is 0.150. The van der Waals surface area contributed by atoms with Crippen LogP contribution in [0.15, 0.2) is 58.4 Å². The van der Waals surface area contributed by atoms with Crippen LogP contribution in [0.25, 0.3) is 10.6 Å². The summed E-state index contributed by atoms with van der Waals surface area (Å²) < 4.78 is 10.4. The van der Waals surface area contributed by atoms with E-state index in [1.54, 1.807) is 36.6 Å². The number of thiazole rings is 1. The van der Waals surface area contributed by atoms with Crippen LogP contribution in [0, 0.1) is 6.92 Å². The first-order chi connectivity index (χ1) is 16.0. The van der Waals surface area contributed by atoms with E-state index < -0.39 is 11.8 Å². The Labute approximate surface area is 193 Å². The molecule has 2 aromatic heterocycles. The second-order valence-electron chi connectivity index (χ2n) is 7.04. The summed E-state index contributed by atoms with van der Waals surface area (Å²) in [6, 6.07) is 14.5. The molecule has 0 aliphatic rings. The Morgan fingerprint density at radius 1 is 1.00 bits per heavy atom. The number of hydrogen-bond acceptors (Lipinski definition) is 8. The van der Waals surface area contributed by atoms with Gasteiger partial charge in [0.1, 0.15) is 16.5 Å². The fraction of sp³-hybridized carbons (Fsp3) is 0.174. The molecule has 2 heterocycles. The number of nitrogens with one attached hydrogen (secondary N) is 2. The van der Waals surface area contributed by atoms with Crippen LogP contribution in [0.4, 0.5) is 0 Å². The third kappa shape index (κ3) is 5.60. The molecule has 2 N–H and O–H groups in total. The lowest BCUT2D eigenvalue weighted by molar-refractivity contribution is 0.0844. The first-order valence-electron chi connectivity index (χ1n) is 10.2. The van der Waals surface area contributed by atoms with Crippen LogP contribution in [-0.4, -0.2) is 26.9 Å². The van der Waals surface area contributed by atoms with Crippen LogP contribution < -0.4 is 15.6 Å².